The molecule has 2 rings (SSSR count). The van der Waals surface area contributed by atoms with Crippen LogP contribution in [-0.2, 0) is 4.79 Å². The molecule has 1 aliphatic rings. The molecule has 0 aromatic heterocycles. The van der Waals surface area contributed by atoms with E-state index in [4.69, 9.17) is 9.47 Å². The summed E-state index contributed by atoms with van der Waals surface area (Å²) in [6, 6.07) is 3.60. The first-order chi connectivity index (χ1) is 11.0. The molecule has 1 N–H and O–H groups in total. The van der Waals surface area contributed by atoms with Crippen molar-refractivity contribution in [1.29, 1.82) is 0 Å². The third-order valence-electron chi connectivity index (χ3n) is 4.29. The topological polar surface area (TPSA) is 50.8 Å². The Hall–Kier alpha value is -1.91. The normalized spacial score (nSPS) is 17.0. The summed E-state index contributed by atoms with van der Waals surface area (Å²) in [6.07, 6.45) is 3.25. The standard InChI is InChI=1S/C18H28N2O3/c1-6-7-8-9-20-14-11-16(23-5)15(22-4)10-13(14)19-17(12(2)3)18(20)21/h10-12,17,19H,6-9H2,1-5H3. The molecule has 1 amide bonds. The van der Waals surface area contributed by atoms with Crippen molar-refractivity contribution in [3.63, 3.8) is 0 Å². The van der Waals surface area contributed by atoms with E-state index in [1.54, 1.807) is 14.2 Å². The van der Waals surface area contributed by atoms with Gasteiger partial charge in [-0.05, 0) is 12.3 Å². The van der Waals surface area contributed by atoms with E-state index >= 15 is 0 Å². The highest BCUT2D eigenvalue weighted by molar-refractivity contribution is 6.05. The second-order valence-electron chi connectivity index (χ2n) is 6.29. The lowest BCUT2D eigenvalue weighted by molar-refractivity contribution is -0.120. The van der Waals surface area contributed by atoms with Crippen molar-refractivity contribution in [2.45, 2.75) is 46.1 Å². The van der Waals surface area contributed by atoms with Crippen LogP contribution in [0.15, 0.2) is 12.1 Å². The molecule has 5 nitrogen and oxygen atoms in total. The predicted molar refractivity (Wildman–Crippen MR) is 93.7 cm³/mol. The number of carbonyl (C=O) groups is 1. The fraction of sp³-hybridized carbons (Fsp3) is 0.611. The van der Waals surface area contributed by atoms with Gasteiger partial charge in [-0.2, -0.15) is 0 Å². The average molecular weight is 320 g/mol. The van der Waals surface area contributed by atoms with Crippen LogP contribution in [-0.4, -0.2) is 32.7 Å². The molecular formula is C18H28N2O3. The second-order valence-corrected chi connectivity index (χ2v) is 6.29. The number of benzene rings is 1. The van der Waals surface area contributed by atoms with Crippen molar-refractivity contribution in [1.82, 2.24) is 0 Å². The first-order valence-corrected chi connectivity index (χ1v) is 8.37. The van der Waals surface area contributed by atoms with Crippen LogP contribution < -0.4 is 19.7 Å². The molecule has 128 valence electrons. The van der Waals surface area contributed by atoms with E-state index in [1.165, 1.54) is 0 Å². The van der Waals surface area contributed by atoms with Crippen molar-refractivity contribution < 1.29 is 14.3 Å². The highest BCUT2D eigenvalue weighted by Gasteiger charge is 2.34. The molecule has 0 bridgehead atoms. The predicted octanol–water partition coefficient (Wildman–Crippen LogP) is 3.68. The van der Waals surface area contributed by atoms with Crippen molar-refractivity contribution in [2.75, 3.05) is 31.0 Å². The Morgan fingerprint density at radius 2 is 1.83 bits per heavy atom. The van der Waals surface area contributed by atoms with Gasteiger partial charge in [0.2, 0.25) is 5.91 Å². The summed E-state index contributed by atoms with van der Waals surface area (Å²) in [5.74, 6) is 1.67. The summed E-state index contributed by atoms with van der Waals surface area (Å²) in [7, 11) is 3.23. The number of methoxy groups -OCH3 is 2. The van der Waals surface area contributed by atoms with E-state index in [-0.39, 0.29) is 17.9 Å². The van der Waals surface area contributed by atoms with Gasteiger partial charge in [0.25, 0.3) is 0 Å². The van der Waals surface area contributed by atoms with Crippen LogP contribution in [0.5, 0.6) is 11.5 Å². The van der Waals surface area contributed by atoms with Crippen LogP contribution in [0.25, 0.3) is 0 Å². The van der Waals surface area contributed by atoms with E-state index in [9.17, 15) is 4.79 Å². The Labute approximate surface area is 139 Å². The Morgan fingerprint density at radius 1 is 1.17 bits per heavy atom. The Kier molecular flexibility index (Phi) is 5.74. The number of nitrogens with zero attached hydrogens (tertiary/aromatic N) is 1. The number of ether oxygens (including phenoxy) is 2. The number of nitrogens with one attached hydrogen (secondary N) is 1. The van der Waals surface area contributed by atoms with Gasteiger partial charge in [0, 0.05) is 18.7 Å². The summed E-state index contributed by atoms with van der Waals surface area (Å²) < 4.78 is 10.8. The number of hydrogen-bond acceptors (Lipinski definition) is 4. The van der Waals surface area contributed by atoms with E-state index < -0.39 is 0 Å². The molecule has 1 aromatic rings. The number of carbonyl (C=O) groups excluding carboxylic acids is 1. The summed E-state index contributed by atoms with van der Waals surface area (Å²) in [5, 5.41) is 3.37. The number of hydrogen-bond donors (Lipinski definition) is 1. The molecule has 0 spiro atoms. The van der Waals surface area contributed by atoms with Crippen molar-refractivity contribution in [3.05, 3.63) is 12.1 Å². The smallest absolute Gasteiger partial charge is 0.249 e. The van der Waals surface area contributed by atoms with Gasteiger partial charge in [0.15, 0.2) is 11.5 Å². The number of anilines is 2. The summed E-state index contributed by atoms with van der Waals surface area (Å²) >= 11 is 0. The second kappa shape index (κ2) is 7.57. The van der Waals surface area contributed by atoms with E-state index in [2.05, 4.69) is 26.1 Å². The molecule has 0 saturated carbocycles. The van der Waals surface area contributed by atoms with E-state index in [1.807, 2.05) is 17.0 Å². The van der Waals surface area contributed by atoms with Gasteiger partial charge in [-0.3, -0.25) is 4.79 Å². The van der Waals surface area contributed by atoms with E-state index in [0.717, 1.165) is 37.2 Å². The molecule has 1 aromatic carbocycles. The third kappa shape index (κ3) is 3.54. The molecule has 1 heterocycles. The van der Waals surface area contributed by atoms with Gasteiger partial charge >= 0.3 is 0 Å². The van der Waals surface area contributed by atoms with Gasteiger partial charge in [-0.1, -0.05) is 33.6 Å². The minimum Gasteiger partial charge on any atom is -0.493 e. The molecule has 1 aliphatic heterocycles. The van der Waals surface area contributed by atoms with Gasteiger partial charge in [-0.25, -0.2) is 0 Å². The van der Waals surface area contributed by atoms with Crippen LogP contribution >= 0.6 is 0 Å². The fourth-order valence-corrected chi connectivity index (χ4v) is 2.93. The quantitative estimate of drug-likeness (QED) is 0.779. The van der Waals surface area contributed by atoms with Crippen molar-refractivity contribution >= 4 is 17.3 Å². The zero-order valence-electron chi connectivity index (χ0n) is 14.8. The SMILES string of the molecule is CCCCCN1C(=O)C(C(C)C)Nc2cc(OC)c(OC)cc21. The van der Waals surface area contributed by atoms with Crippen LogP contribution in [0, 0.1) is 5.92 Å². The zero-order valence-corrected chi connectivity index (χ0v) is 14.8. The first-order valence-electron chi connectivity index (χ1n) is 8.37. The van der Waals surface area contributed by atoms with E-state index in [0.29, 0.717) is 11.5 Å². The van der Waals surface area contributed by atoms with Crippen molar-refractivity contribution in [3.8, 4) is 11.5 Å². The fourth-order valence-electron chi connectivity index (χ4n) is 2.93. The minimum atomic E-state index is -0.206. The highest BCUT2D eigenvalue weighted by Crippen LogP contribution is 2.41. The summed E-state index contributed by atoms with van der Waals surface area (Å²) in [5.41, 5.74) is 1.80. The molecule has 1 atom stereocenters. The van der Waals surface area contributed by atoms with Gasteiger partial charge < -0.3 is 19.7 Å². The van der Waals surface area contributed by atoms with Gasteiger partial charge in [-0.15, -0.1) is 0 Å². The monoisotopic (exact) mass is 320 g/mol. The first kappa shape index (κ1) is 17.4. The minimum absolute atomic E-state index is 0.135. The maximum Gasteiger partial charge on any atom is 0.249 e. The molecular weight excluding hydrogens is 292 g/mol. The van der Waals surface area contributed by atoms with Crippen LogP contribution in [0.4, 0.5) is 11.4 Å². The molecule has 0 fully saturated rings. The number of fused-ring (bicyclic) bond motifs is 1. The molecule has 0 aliphatic carbocycles. The number of amides is 1. The van der Waals surface area contributed by atoms with Crippen molar-refractivity contribution in [2.24, 2.45) is 5.92 Å². The number of rotatable bonds is 7. The maximum atomic E-state index is 12.9. The lowest BCUT2D eigenvalue weighted by Gasteiger charge is -2.37. The zero-order chi connectivity index (χ0) is 17.0. The lowest BCUT2D eigenvalue weighted by Crippen LogP contribution is -2.50. The molecule has 1 unspecified atom stereocenters. The molecule has 0 radical (unpaired) electrons. The van der Waals surface area contributed by atoms with Crippen LogP contribution in [0.2, 0.25) is 0 Å². The van der Waals surface area contributed by atoms with Gasteiger partial charge in [0.1, 0.15) is 6.04 Å². The Bertz CT molecular complexity index is 557. The summed E-state index contributed by atoms with van der Waals surface area (Å²) in [4.78, 5) is 14.8. The highest BCUT2D eigenvalue weighted by atomic mass is 16.5. The molecule has 5 heteroatoms. The van der Waals surface area contributed by atoms with Crippen LogP contribution in [0.3, 0.4) is 0 Å². The third-order valence-corrected chi connectivity index (χ3v) is 4.29. The summed E-state index contributed by atoms with van der Waals surface area (Å²) in [6.45, 7) is 7.02. The van der Waals surface area contributed by atoms with Crippen LogP contribution in [0.1, 0.15) is 40.0 Å². The molecule has 23 heavy (non-hydrogen) atoms. The lowest BCUT2D eigenvalue weighted by atomic mass is 9.98. The maximum absolute atomic E-state index is 12.9. The largest absolute Gasteiger partial charge is 0.493 e. The average Bonchev–Trinajstić information content (AvgIpc) is 2.55. The Balaban J connectivity index is 2.42. The van der Waals surface area contributed by atoms with Gasteiger partial charge in [0.05, 0.1) is 25.6 Å². The Morgan fingerprint density at radius 3 is 2.39 bits per heavy atom. The number of unbranched alkanes of at least 4 members (excludes halogenated alkanes) is 2. The molecule has 0 saturated heterocycles.